The number of hydrogen-bond acceptors (Lipinski definition) is 3. The van der Waals surface area contributed by atoms with Gasteiger partial charge in [0, 0.05) is 26.1 Å². The van der Waals surface area contributed by atoms with E-state index in [9.17, 15) is 9.59 Å². The fourth-order valence-electron chi connectivity index (χ4n) is 2.01. The Morgan fingerprint density at radius 2 is 1.75 bits per heavy atom. The molecule has 0 aliphatic heterocycles. The number of nitrogens with zero attached hydrogens (tertiary/aromatic N) is 1. The zero-order valence-corrected chi connectivity index (χ0v) is 14.0. The maximum Gasteiger partial charge on any atom is 0.239 e. The minimum atomic E-state index is -0.808. The predicted molar refractivity (Wildman–Crippen MR) is 84.9 cm³/mol. The van der Waals surface area contributed by atoms with Crippen molar-refractivity contribution in [2.45, 2.75) is 58.9 Å². The van der Waals surface area contributed by atoms with Gasteiger partial charge in [0.05, 0.1) is 5.54 Å². The van der Waals surface area contributed by atoms with E-state index >= 15 is 0 Å². The van der Waals surface area contributed by atoms with Crippen molar-refractivity contribution in [3.63, 3.8) is 0 Å². The lowest BCUT2D eigenvalue weighted by molar-refractivity contribution is -0.131. The molecule has 0 aliphatic carbocycles. The highest BCUT2D eigenvalue weighted by atomic mass is 35.5. The summed E-state index contributed by atoms with van der Waals surface area (Å²) in [6.07, 6.45) is 2.67. The quantitative estimate of drug-likeness (QED) is 0.637. The van der Waals surface area contributed by atoms with Gasteiger partial charge in [0.2, 0.25) is 11.8 Å². The lowest BCUT2D eigenvalue weighted by Crippen LogP contribution is -2.51. The first-order valence-corrected chi connectivity index (χ1v) is 7.23. The molecule has 0 aromatic rings. The Balaban J connectivity index is 0. The molecule has 0 rings (SSSR count). The molecule has 20 heavy (non-hydrogen) atoms. The first-order valence-electron chi connectivity index (χ1n) is 7.23. The Morgan fingerprint density at radius 3 is 2.20 bits per heavy atom. The highest BCUT2D eigenvalue weighted by Crippen LogP contribution is 2.08. The van der Waals surface area contributed by atoms with E-state index in [4.69, 9.17) is 5.73 Å². The summed E-state index contributed by atoms with van der Waals surface area (Å²) in [6.45, 7) is 9.65. The van der Waals surface area contributed by atoms with Gasteiger partial charge in [-0.15, -0.1) is 12.4 Å². The average molecular weight is 308 g/mol. The molecule has 0 fully saturated rings. The molecule has 5 nitrogen and oxygen atoms in total. The summed E-state index contributed by atoms with van der Waals surface area (Å²) in [6, 6.07) is 0. The molecule has 0 heterocycles. The monoisotopic (exact) mass is 307 g/mol. The summed E-state index contributed by atoms with van der Waals surface area (Å²) in [4.78, 5) is 25.3. The Hall–Kier alpha value is -0.810. The molecule has 6 heteroatoms. The number of nitrogens with two attached hydrogens (primary N) is 1. The summed E-state index contributed by atoms with van der Waals surface area (Å²) >= 11 is 0. The average Bonchev–Trinajstić information content (AvgIpc) is 2.35. The molecule has 0 saturated heterocycles. The van der Waals surface area contributed by atoms with Crippen molar-refractivity contribution in [2.75, 3.05) is 19.6 Å². The largest absolute Gasteiger partial charge is 0.354 e. The van der Waals surface area contributed by atoms with Gasteiger partial charge in [-0.1, -0.05) is 13.3 Å². The standard InChI is InChI=1S/C14H29N3O2.ClH/c1-5-10-14(4,15)13(19)16-11-8-9-12(18)17(6-2)7-3;/h5-11,15H2,1-4H3,(H,16,19);1H. The normalized spacial score (nSPS) is 13.1. The fourth-order valence-corrected chi connectivity index (χ4v) is 2.01. The Morgan fingerprint density at radius 1 is 1.20 bits per heavy atom. The van der Waals surface area contributed by atoms with Crippen LogP contribution >= 0.6 is 12.4 Å². The van der Waals surface area contributed by atoms with Crippen LogP contribution in [0.1, 0.15) is 53.4 Å². The van der Waals surface area contributed by atoms with Crippen LogP contribution in [0.15, 0.2) is 0 Å². The van der Waals surface area contributed by atoms with Gasteiger partial charge in [-0.25, -0.2) is 0 Å². The Kier molecular flexibility index (Phi) is 11.7. The molecule has 0 spiro atoms. The number of halogens is 1. The number of amides is 2. The van der Waals surface area contributed by atoms with E-state index < -0.39 is 5.54 Å². The third-order valence-electron chi connectivity index (χ3n) is 3.26. The SMILES string of the molecule is CCCC(C)(N)C(=O)NCCCC(=O)N(CC)CC.Cl. The molecular weight excluding hydrogens is 278 g/mol. The van der Waals surface area contributed by atoms with Crippen molar-refractivity contribution in [3.8, 4) is 0 Å². The first kappa shape index (κ1) is 21.5. The summed E-state index contributed by atoms with van der Waals surface area (Å²) in [5.74, 6) is 0.00737. The maximum absolute atomic E-state index is 11.8. The Labute approximate surface area is 129 Å². The third kappa shape index (κ3) is 7.70. The molecule has 0 bridgehead atoms. The van der Waals surface area contributed by atoms with Gasteiger partial charge in [0.15, 0.2) is 0 Å². The van der Waals surface area contributed by atoms with E-state index in [0.29, 0.717) is 25.8 Å². The molecule has 0 aromatic carbocycles. The van der Waals surface area contributed by atoms with Crippen molar-refractivity contribution in [3.05, 3.63) is 0 Å². The number of nitrogens with one attached hydrogen (secondary N) is 1. The van der Waals surface area contributed by atoms with Gasteiger partial charge in [-0.3, -0.25) is 9.59 Å². The molecule has 120 valence electrons. The van der Waals surface area contributed by atoms with Crippen molar-refractivity contribution >= 4 is 24.2 Å². The lowest BCUT2D eigenvalue weighted by Gasteiger charge is -2.23. The van der Waals surface area contributed by atoms with Gasteiger partial charge < -0.3 is 16.0 Å². The maximum atomic E-state index is 11.8. The third-order valence-corrected chi connectivity index (χ3v) is 3.26. The van der Waals surface area contributed by atoms with Crippen molar-refractivity contribution in [1.29, 1.82) is 0 Å². The summed E-state index contributed by atoms with van der Waals surface area (Å²) in [7, 11) is 0. The van der Waals surface area contributed by atoms with Crippen LogP contribution < -0.4 is 11.1 Å². The molecule has 0 aromatic heterocycles. The van der Waals surface area contributed by atoms with E-state index in [0.717, 1.165) is 19.5 Å². The van der Waals surface area contributed by atoms with Crippen LogP contribution in [0.2, 0.25) is 0 Å². The molecule has 1 atom stereocenters. The summed E-state index contributed by atoms with van der Waals surface area (Å²) in [5.41, 5.74) is 5.11. The smallest absolute Gasteiger partial charge is 0.239 e. The van der Waals surface area contributed by atoms with Crippen molar-refractivity contribution in [2.24, 2.45) is 5.73 Å². The second-order valence-electron chi connectivity index (χ2n) is 5.09. The minimum Gasteiger partial charge on any atom is -0.354 e. The minimum absolute atomic E-state index is 0. The van der Waals surface area contributed by atoms with Crippen LogP contribution in [0, 0.1) is 0 Å². The van der Waals surface area contributed by atoms with Gasteiger partial charge in [-0.2, -0.15) is 0 Å². The van der Waals surface area contributed by atoms with Gasteiger partial charge in [0.1, 0.15) is 0 Å². The van der Waals surface area contributed by atoms with E-state index in [1.807, 2.05) is 20.8 Å². The van der Waals surface area contributed by atoms with Crippen LogP contribution in [0.25, 0.3) is 0 Å². The molecule has 1 unspecified atom stereocenters. The van der Waals surface area contributed by atoms with Gasteiger partial charge in [-0.05, 0) is 33.6 Å². The lowest BCUT2D eigenvalue weighted by atomic mass is 9.96. The number of carbonyl (C=O) groups is 2. The second kappa shape index (κ2) is 10.9. The molecular formula is C14H30ClN3O2. The van der Waals surface area contributed by atoms with Crippen LogP contribution in [-0.4, -0.2) is 41.9 Å². The molecule has 0 radical (unpaired) electrons. The van der Waals surface area contributed by atoms with E-state index in [-0.39, 0.29) is 24.2 Å². The number of hydrogen-bond donors (Lipinski definition) is 2. The second-order valence-corrected chi connectivity index (χ2v) is 5.09. The van der Waals surface area contributed by atoms with Crippen LogP contribution in [0.3, 0.4) is 0 Å². The molecule has 0 aliphatic rings. The van der Waals surface area contributed by atoms with Crippen LogP contribution in [-0.2, 0) is 9.59 Å². The van der Waals surface area contributed by atoms with E-state index in [2.05, 4.69) is 5.32 Å². The van der Waals surface area contributed by atoms with Crippen LogP contribution in [0.5, 0.6) is 0 Å². The highest BCUT2D eigenvalue weighted by Gasteiger charge is 2.26. The highest BCUT2D eigenvalue weighted by molar-refractivity contribution is 5.85. The van der Waals surface area contributed by atoms with Crippen molar-refractivity contribution < 1.29 is 9.59 Å². The number of rotatable bonds is 9. The number of carbonyl (C=O) groups excluding carboxylic acids is 2. The van der Waals surface area contributed by atoms with Crippen molar-refractivity contribution in [1.82, 2.24) is 10.2 Å². The van der Waals surface area contributed by atoms with Crippen LogP contribution in [0.4, 0.5) is 0 Å². The molecule has 3 N–H and O–H groups in total. The first-order chi connectivity index (χ1) is 8.88. The van der Waals surface area contributed by atoms with E-state index in [1.54, 1.807) is 11.8 Å². The zero-order chi connectivity index (χ0) is 14.9. The topological polar surface area (TPSA) is 75.4 Å². The Bertz CT molecular complexity index is 292. The van der Waals surface area contributed by atoms with Gasteiger partial charge >= 0.3 is 0 Å². The molecule has 0 saturated carbocycles. The van der Waals surface area contributed by atoms with Gasteiger partial charge in [0.25, 0.3) is 0 Å². The summed E-state index contributed by atoms with van der Waals surface area (Å²) in [5, 5.41) is 2.80. The zero-order valence-electron chi connectivity index (χ0n) is 13.2. The van der Waals surface area contributed by atoms with E-state index in [1.165, 1.54) is 0 Å². The summed E-state index contributed by atoms with van der Waals surface area (Å²) < 4.78 is 0. The predicted octanol–water partition coefficient (Wildman–Crippen LogP) is 1.69. The fraction of sp³-hybridized carbons (Fsp3) is 0.857. The molecule has 2 amide bonds.